The summed E-state index contributed by atoms with van der Waals surface area (Å²) in [6.45, 7) is 11.6. The maximum absolute atomic E-state index is 14.1. The van der Waals surface area contributed by atoms with Gasteiger partial charge in [0.1, 0.15) is 12.6 Å². The van der Waals surface area contributed by atoms with Crippen LogP contribution in [0.1, 0.15) is 49.4 Å². The molecule has 0 aliphatic carbocycles. The number of benzene rings is 3. The maximum atomic E-state index is 14.1. The first-order valence-electron chi connectivity index (χ1n) is 13.8. The van der Waals surface area contributed by atoms with Gasteiger partial charge in [-0.2, -0.15) is 0 Å². The molecule has 0 heterocycles. The first kappa shape index (κ1) is 32.2. The molecular weight excluding hydrogens is 558 g/mol. The minimum absolute atomic E-state index is 0.0550. The van der Waals surface area contributed by atoms with Crippen LogP contribution >= 0.6 is 11.6 Å². The Hall–Kier alpha value is -3.36. The third kappa shape index (κ3) is 8.33. The molecule has 0 saturated carbocycles. The van der Waals surface area contributed by atoms with Gasteiger partial charge in [-0.25, -0.2) is 8.42 Å². The Bertz CT molecular complexity index is 1460. The highest BCUT2D eigenvalue weighted by molar-refractivity contribution is 7.92. The number of carbonyl (C=O) groups excluding carboxylic acids is 2. The van der Waals surface area contributed by atoms with Gasteiger partial charge in [-0.3, -0.25) is 13.9 Å². The minimum atomic E-state index is -4.16. The average Bonchev–Trinajstić information content (AvgIpc) is 2.93. The Morgan fingerprint density at radius 3 is 2.02 bits per heavy atom. The number of sulfonamides is 1. The van der Waals surface area contributed by atoms with Crippen LogP contribution in [-0.4, -0.2) is 44.3 Å². The molecule has 7 nitrogen and oxygen atoms in total. The van der Waals surface area contributed by atoms with Crippen molar-refractivity contribution in [2.45, 2.75) is 65.4 Å². The van der Waals surface area contributed by atoms with Crippen LogP contribution in [0.3, 0.4) is 0 Å². The van der Waals surface area contributed by atoms with E-state index in [1.165, 1.54) is 17.0 Å². The molecule has 0 aliphatic heterocycles. The van der Waals surface area contributed by atoms with Crippen molar-refractivity contribution in [2.75, 3.05) is 17.4 Å². The average molecular weight is 598 g/mol. The van der Waals surface area contributed by atoms with E-state index in [0.717, 1.165) is 26.6 Å². The number of hydrogen-bond acceptors (Lipinski definition) is 4. The van der Waals surface area contributed by atoms with Crippen LogP contribution in [-0.2, 0) is 26.2 Å². The zero-order chi connectivity index (χ0) is 30.3. The van der Waals surface area contributed by atoms with Crippen LogP contribution in [0.5, 0.6) is 0 Å². The number of aryl methyl sites for hydroxylation is 3. The van der Waals surface area contributed by atoms with Gasteiger partial charge in [0.25, 0.3) is 10.0 Å². The molecule has 1 atom stereocenters. The number of anilines is 1. The maximum Gasteiger partial charge on any atom is 0.264 e. The Labute approximate surface area is 249 Å². The van der Waals surface area contributed by atoms with Crippen molar-refractivity contribution >= 4 is 39.1 Å². The van der Waals surface area contributed by atoms with Gasteiger partial charge in [0.2, 0.25) is 11.8 Å². The van der Waals surface area contributed by atoms with E-state index in [4.69, 9.17) is 11.6 Å². The van der Waals surface area contributed by atoms with E-state index in [2.05, 4.69) is 5.32 Å². The number of hydrogen-bond donors (Lipinski definition) is 1. The van der Waals surface area contributed by atoms with Gasteiger partial charge in [-0.1, -0.05) is 86.0 Å². The molecule has 3 rings (SSSR count). The van der Waals surface area contributed by atoms with Gasteiger partial charge >= 0.3 is 0 Å². The van der Waals surface area contributed by atoms with Crippen molar-refractivity contribution < 1.29 is 18.0 Å². The third-order valence-electron chi connectivity index (χ3n) is 6.88. The topological polar surface area (TPSA) is 86.8 Å². The summed E-state index contributed by atoms with van der Waals surface area (Å²) < 4.78 is 29.0. The Morgan fingerprint density at radius 1 is 0.902 bits per heavy atom. The highest BCUT2D eigenvalue weighted by atomic mass is 35.5. The number of nitrogens with one attached hydrogen (secondary N) is 1. The molecular formula is C32H40ClN3O4S. The lowest BCUT2D eigenvalue weighted by molar-refractivity contribution is -0.140. The van der Waals surface area contributed by atoms with Crippen molar-refractivity contribution in [3.05, 3.63) is 94.0 Å². The van der Waals surface area contributed by atoms with E-state index in [9.17, 15) is 18.0 Å². The summed E-state index contributed by atoms with van der Waals surface area (Å²) in [4.78, 5) is 29.0. The highest BCUT2D eigenvalue weighted by Gasteiger charge is 2.33. The lowest BCUT2D eigenvalue weighted by Crippen LogP contribution is -2.52. The summed E-state index contributed by atoms with van der Waals surface area (Å²) in [5.74, 6) is -0.531. The van der Waals surface area contributed by atoms with E-state index in [0.29, 0.717) is 18.0 Å². The second-order valence-corrected chi connectivity index (χ2v) is 13.1. The zero-order valence-electron chi connectivity index (χ0n) is 24.6. The highest BCUT2D eigenvalue weighted by Crippen LogP contribution is 2.29. The first-order chi connectivity index (χ1) is 19.3. The van der Waals surface area contributed by atoms with Crippen molar-refractivity contribution in [2.24, 2.45) is 5.92 Å². The van der Waals surface area contributed by atoms with E-state index >= 15 is 0 Å². The van der Waals surface area contributed by atoms with Gasteiger partial charge in [0.05, 0.1) is 10.6 Å². The van der Waals surface area contributed by atoms with Gasteiger partial charge in [0.15, 0.2) is 0 Å². The van der Waals surface area contributed by atoms with Crippen molar-refractivity contribution in [3.63, 3.8) is 0 Å². The quantitative estimate of drug-likeness (QED) is 0.276. The molecule has 0 spiro atoms. The number of carbonyl (C=O) groups is 2. The van der Waals surface area contributed by atoms with Crippen LogP contribution < -0.4 is 9.62 Å². The number of nitrogens with zero attached hydrogens (tertiary/aromatic N) is 2. The van der Waals surface area contributed by atoms with Crippen molar-refractivity contribution in [1.29, 1.82) is 0 Å². The molecule has 0 radical (unpaired) electrons. The summed E-state index contributed by atoms with van der Waals surface area (Å²) in [7, 11) is -4.16. The SMILES string of the molecule is CC[C@@H](C(=O)NCC(C)C)N(Cc1ccc(C)cc1)C(=O)CN(c1ccc(C)c(Cl)c1)S(=O)(=O)c1ccc(C)cc1. The molecule has 0 saturated heterocycles. The summed E-state index contributed by atoms with van der Waals surface area (Å²) >= 11 is 6.40. The van der Waals surface area contributed by atoms with Crippen LogP contribution in [0, 0.1) is 26.7 Å². The molecule has 0 bridgehead atoms. The molecule has 3 aromatic rings. The van der Waals surface area contributed by atoms with Crippen LogP contribution in [0.25, 0.3) is 0 Å². The van der Waals surface area contributed by atoms with E-state index < -0.39 is 28.5 Å². The molecule has 0 aliphatic rings. The largest absolute Gasteiger partial charge is 0.354 e. The minimum Gasteiger partial charge on any atom is -0.354 e. The first-order valence-corrected chi connectivity index (χ1v) is 15.6. The molecule has 220 valence electrons. The predicted octanol–water partition coefficient (Wildman–Crippen LogP) is 6.04. The smallest absolute Gasteiger partial charge is 0.264 e. The van der Waals surface area contributed by atoms with Crippen LogP contribution in [0.2, 0.25) is 5.02 Å². The molecule has 41 heavy (non-hydrogen) atoms. The van der Waals surface area contributed by atoms with Gasteiger partial charge in [-0.15, -0.1) is 0 Å². The fraction of sp³-hybridized carbons (Fsp3) is 0.375. The molecule has 2 amide bonds. The van der Waals surface area contributed by atoms with Crippen LogP contribution in [0.4, 0.5) is 5.69 Å². The van der Waals surface area contributed by atoms with Crippen molar-refractivity contribution in [1.82, 2.24) is 10.2 Å². The second kappa shape index (κ2) is 14.0. The summed E-state index contributed by atoms with van der Waals surface area (Å²) in [5.41, 5.74) is 3.86. The Morgan fingerprint density at radius 2 is 1.49 bits per heavy atom. The molecule has 1 N–H and O–H groups in total. The number of amides is 2. The molecule has 3 aromatic carbocycles. The monoisotopic (exact) mass is 597 g/mol. The van der Waals surface area contributed by atoms with Crippen molar-refractivity contribution in [3.8, 4) is 0 Å². The van der Waals surface area contributed by atoms with Gasteiger partial charge in [-0.05, 0) is 68.5 Å². The molecule has 9 heteroatoms. The fourth-order valence-electron chi connectivity index (χ4n) is 4.34. The fourth-order valence-corrected chi connectivity index (χ4v) is 5.92. The lowest BCUT2D eigenvalue weighted by atomic mass is 10.1. The molecule has 0 fully saturated rings. The molecule has 0 unspecified atom stereocenters. The summed E-state index contributed by atoms with van der Waals surface area (Å²) in [5, 5.41) is 3.33. The molecule has 0 aromatic heterocycles. The number of rotatable bonds is 12. The van der Waals surface area contributed by atoms with E-state index in [1.807, 2.05) is 65.8 Å². The Balaban J connectivity index is 2.06. The van der Waals surface area contributed by atoms with E-state index in [-0.39, 0.29) is 29.0 Å². The third-order valence-corrected chi connectivity index (χ3v) is 9.07. The lowest BCUT2D eigenvalue weighted by Gasteiger charge is -2.33. The van der Waals surface area contributed by atoms with Gasteiger partial charge in [0, 0.05) is 18.1 Å². The summed E-state index contributed by atoms with van der Waals surface area (Å²) in [6, 6.07) is 18.3. The van der Waals surface area contributed by atoms with Crippen LogP contribution in [0.15, 0.2) is 71.6 Å². The Kier molecular flexibility index (Phi) is 11.0. The number of halogens is 1. The standard InChI is InChI=1S/C32H40ClN3O4S/c1-7-30(32(38)34-19-22(2)3)35(20-26-13-8-23(4)9-14-26)31(37)21-36(27-15-12-25(6)29(33)18-27)41(39,40)28-16-10-24(5)11-17-28/h8-18,22,30H,7,19-21H2,1-6H3,(H,34,38)/t30-/m0/s1. The van der Waals surface area contributed by atoms with Gasteiger partial charge < -0.3 is 10.2 Å². The van der Waals surface area contributed by atoms with E-state index in [1.54, 1.807) is 30.3 Å². The summed E-state index contributed by atoms with van der Waals surface area (Å²) in [6.07, 6.45) is 0.364. The second-order valence-electron chi connectivity index (χ2n) is 10.8. The normalized spacial score (nSPS) is 12.2. The predicted molar refractivity (Wildman–Crippen MR) is 166 cm³/mol. The zero-order valence-corrected chi connectivity index (χ0v) is 26.2.